The summed E-state index contributed by atoms with van der Waals surface area (Å²) in [5.41, 5.74) is 9.31. The quantitative estimate of drug-likeness (QED) is 0.726. The summed E-state index contributed by atoms with van der Waals surface area (Å²) in [4.78, 5) is 15.0. The summed E-state index contributed by atoms with van der Waals surface area (Å²) in [5, 5.41) is 3.10. The van der Waals surface area contributed by atoms with Crippen molar-refractivity contribution in [3.05, 3.63) is 65.2 Å². The maximum atomic E-state index is 12.6. The van der Waals surface area contributed by atoms with Crippen molar-refractivity contribution in [2.45, 2.75) is 33.2 Å². The van der Waals surface area contributed by atoms with Gasteiger partial charge in [-0.15, -0.1) is 0 Å². The largest absolute Gasteiger partial charge is 0.399 e. The summed E-state index contributed by atoms with van der Waals surface area (Å²) in [6.45, 7) is 8.78. The molecule has 0 aliphatic heterocycles. The highest BCUT2D eigenvalue weighted by Gasteiger charge is 2.18. The van der Waals surface area contributed by atoms with E-state index < -0.39 is 0 Å². The summed E-state index contributed by atoms with van der Waals surface area (Å²) in [6, 6.07) is 16.1. The number of rotatable bonds is 8. The molecule has 25 heavy (non-hydrogen) atoms. The van der Waals surface area contributed by atoms with Gasteiger partial charge in [0.25, 0.3) is 5.91 Å². The molecule has 0 spiro atoms. The van der Waals surface area contributed by atoms with Crippen LogP contribution in [0.5, 0.6) is 0 Å². The molecular formula is C21H29N3O. The van der Waals surface area contributed by atoms with Crippen molar-refractivity contribution in [1.82, 2.24) is 10.2 Å². The van der Waals surface area contributed by atoms with Crippen LogP contribution in [0.15, 0.2) is 48.5 Å². The van der Waals surface area contributed by atoms with Crippen LogP contribution in [0, 0.1) is 6.92 Å². The Balaban J connectivity index is 2.08. The van der Waals surface area contributed by atoms with E-state index in [1.54, 1.807) is 6.07 Å². The zero-order valence-corrected chi connectivity index (χ0v) is 15.5. The van der Waals surface area contributed by atoms with E-state index in [2.05, 4.69) is 48.3 Å². The van der Waals surface area contributed by atoms with Gasteiger partial charge in [-0.2, -0.15) is 0 Å². The summed E-state index contributed by atoms with van der Waals surface area (Å²) < 4.78 is 0. The molecule has 0 bridgehead atoms. The van der Waals surface area contributed by atoms with E-state index in [1.165, 1.54) is 5.56 Å². The second-order valence-corrected chi connectivity index (χ2v) is 6.35. The molecular weight excluding hydrogens is 310 g/mol. The minimum atomic E-state index is -0.0602. The monoisotopic (exact) mass is 339 g/mol. The predicted molar refractivity (Wildman–Crippen MR) is 105 cm³/mol. The lowest BCUT2D eigenvalue weighted by Crippen LogP contribution is -2.45. The second-order valence-electron chi connectivity index (χ2n) is 6.35. The molecule has 1 atom stereocenters. The van der Waals surface area contributed by atoms with Crippen LogP contribution in [-0.2, 0) is 6.42 Å². The molecule has 0 aliphatic carbocycles. The molecule has 0 fully saturated rings. The van der Waals surface area contributed by atoms with Crippen LogP contribution < -0.4 is 11.1 Å². The average molecular weight is 339 g/mol. The molecule has 1 unspecified atom stereocenters. The zero-order valence-electron chi connectivity index (χ0n) is 15.5. The van der Waals surface area contributed by atoms with Crippen LogP contribution in [0.4, 0.5) is 5.69 Å². The van der Waals surface area contributed by atoms with Gasteiger partial charge in [-0.05, 0) is 49.7 Å². The highest BCUT2D eigenvalue weighted by Crippen LogP contribution is 2.13. The summed E-state index contributed by atoms with van der Waals surface area (Å²) >= 11 is 0. The van der Waals surface area contributed by atoms with Gasteiger partial charge in [-0.3, -0.25) is 9.69 Å². The van der Waals surface area contributed by atoms with Crippen molar-refractivity contribution >= 4 is 11.6 Å². The fraction of sp³-hybridized carbons (Fsp3) is 0.381. The van der Waals surface area contributed by atoms with Gasteiger partial charge in [0.05, 0.1) is 0 Å². The Kier molecular flexibility index (Phi) is 7.02. The van der Waals surface area contributed by atoms with Crippen LogP contribution in [0.2, 0.25) is 0 Å². The SMILES string of the molecule is CCN(CC)C(CNC(=O)c1cc(N)ccc1C)Cc1ccccc1. The van der Waals surface area contributed by atoms with Crippen molar-refractivity contribution in [2.24, 2.45) is 0 Å². The third-order valence-electron chi connectivity index (χ3n) is 4.65. The first-order chi connectivity index (χ1) is 12.0. The van der Waals surface area contributed by atoms with Crippen LogP contribution in [0.25, 0.3) is 0 Å². The number of likely N-dealkylation sites (N-methyl/N-ethyl adjacent to an activating group) is 1. The fourth-order valence-corrected chi connectivity index (χ4v) is 3.15. The standard InChI is InChI=1S/C21H29N3O/c1-4-24(5-2)19(13-17-9-7-6-8-10-17)15-23-21(25)20-14-18(22)12-11-16(20)3/h6-12,14,19H,4-5,13,15,22H2,1-3H3,(H,23,25). The average Bonchev–Trinajstić information content (AvgIpc) is 2.63. The number of nitrogens with zero attached hydrogens (tertiary/aromatic N) is 1. The third kappa shape index (κ3) is 5.33. The van der Waals surface area contributed by atoms with Gasteiger partial charge in [-0.1, -0.05) is 50.2 Å². The maximum Gasteiger partial charge on any atom is 0.251 e. The Morgan fingerprint density at radius 1 is 1.12 bits per heavy atom. The number of carbonyl (C=O) groups is 1. The summed E-state index contributed by atoms with van der Waals surface area (Å²) in [7, 11) is 0. The van der Waals surface area contributed by atoms with E-state index in [4.69, 9.17) is 5.73 Å². The van der Waals surface area contributed by atoms with Crippen LogP contribution in [-0.4, -0.2) is 36.5 Å². The number of nitrogens with two attached hydrogens (primary N) is 1. The number of anilines is 1. The Labute approximate surface area is 151 Å². The van der Waals surface area contributed by atoms with Gasteiger partial charge < -0.3 is 11.1 Å². The first-order valence-corrected chi connectivity index (χ1v) is 8.97. The van der Waals surface area contributed by atoms with Crippen molar-refractivity contribution in [3.8, 4) is 0 Å². The Morgan fingerprint density at radius 3 is 2.44 bits per heavy atom. The molecule has 0 saturated carbocycles. The molecule has 2 aromatic carbocycles. The van der Waals surface area contributed by atoms with Gasteiger partial charge >= 0.3 is 0 Å². The first-order valence-electron chi connectivity index (χ1n) is 8.97. The van der Waals surface area contributed by atoms with Crippen LogP contribution in [0.1, 0.15) is 35.3 Å². The maximum absolute atomic E-state index is 12.6. The molecule has 1 amide bonds. The number of hydrogen-bond donors (Lipinski definition) is 2. The molecule has 2 aromatic rings. The molecule has 4 nitrogen and oxygen atoms in total. The fourth-order valence-electron chi connectivity index (χ4n) is 3.15. The van der Waals surface area contributed by atoms with Gasteiger partial charge in [0.1, 0.15) is 0 Å². The lowest BCUT2D eigenvalue weighted by molar-refractivity contribution is 0.0934. The molecule has 134 valence electrons. The number of carbonyl (C=O) groups excluding carboxylic acids is 1. The Morgan fingerprint density at radius 2 is 1.80 bits per heavy atom. The van der Waals surface area contributed by atoms with E-state index in [9.17, 15) is 4.79 Å². The van der Waals surface area contributed by atoms with Crippen molar-refractivity contribution in [1.29, 1.82) is 0 Å². The summed E-state index contributed by atoms with van der Waals surface area (Å²) in [6.07, 6.45) is 0.915. The van der Waals surface area contributed by atoms with E-state index in [1.807, 2.05) is 25.1 Å². The van der Waals surface area contributed by atoms with Crippen LogP contribution in [0.3, 0.4) is 0 Å². The van der Waals surface area contributed by atoms with Gasteiger partial charge in [0.15, 0.2) is 0 Å². The Hall–Kier alpha value is -2.33. The van der Waals surface area contributed by atoms with Crippen molar-refractivity contribution < 1.29 is 4.79 Å². The minimum absolute atomic E-state index is 0.0602. The molecule has 0 heterocycles. The topological polar surface area (TPSA) is 58.4 Å². The minimum Gasteiger partial charge on any atom is -0.399 e. The number of nitrogen functional groups attached to an aromatic ring is 1. The molecule has 0 radical (unpaired) electrons. The number of benzene rings is 2. The number of nitrogens with one attached hydrogen (secondary N) is 1. The molecule has 0 saturated heterocycles. The molecule has 2 rings (SSSR count). The lowest BCUT2D eigenvalue weighted by atomic mass is 10.0. The van der Waals surface area contributed by atoms with Crippen LogP contribution >= 0.6 is 0 Å². The van der Waals surface area contributed by atoms with E-state index in [0.717, 1.165) is 25.1 Å². The van der Waals surface area contributed by atoms with Gasteiger partial charge in [0, 0.05) is 23.8 Å². The molecule has 0 aliphatic rings. The van der Waals surface area contributed by atoms with E-state index in [0.29, 0.717) is 17.8 Å². The highest BCUT2D eigenvalue weighted by atomic mass is 16.1. The first kappa shape index (κ1) is 19.0. The Bertz CT molecular complexity index is 681. The molecule has 3 N–H and O–H groups in total. The third-order valence-corrected chi connectivity index (χ3v) is 4.65. The number of amides is 1. The highest BCUT2D eigenvalue weighted by molar-refractivity contribution is 5.96. The normalized spacial score (nSPS) is 12.2. The molecule has 4 heteroatoms. The smallest absolute Gasteiger partial charge is 0.251 e. The van der Waals surface area contributed by atoms with Crippen molar-refractivity contribution in [3.63, 3.8) is 0 Å². The predicted octanol–water partition coefficient (Wildman–Crippen LogP) is 3.26. The zero-order chi connectivity index (χ0) is 18.2. The number of hydrogen-bond acceptors (Lipinski definition) is 3. The van der Waals surface area contributed by atoms with E-state index in [-0.39, 0.29) is 11.9 Å². The molecule has 0 aromatic heterocycles. The second kappa shape index (κ2) is 9.23. The number of aryl methyl sites for hydroxylation is 1. The van der Waals surface area contributed by atoms with Crippen molar-refractivity contribution in [2.75, 3.05) is 25.4 Å². The van der Waals surface area contributed by atoms with E-state index >= 15 is 0 Å². The summed E-state index contributed by atoms with van der Waals surface area (Å²) in [5.74, 6) is -0.0602. The van der Waals surface area contributed by atoms with Gasteiger partial charge in [-0.25, -0.2) is 0 Å². The van der Waals surface area contributed by atoms with Gasteiger partial charge in [0.2, 0.25) is 0 Å². The lowest BCUT2D eigenvalue weighted by Gasteiger charge is -2.30.